The molecule has 1 aromatic rings. The van der Waals surface area contributed by atoms with Crippen LogP contribution in [-0.2, 0) is 4.79 Å². The molecule has 0 bridgehead atoms. The van der Waals surface area contributed by atoms with Crippen LogP contribution in [0.4, 0.5) is 0 Å². The Bertz CT molecular complexity index is 446. The third-order valence-corrected chi connectivity index (χ3v) is 2.61. The molecule has 17 heavy (non-hydrogen) atoms. The molecule has 1 heterocycles. The van der Waals surface area contributed by atoms with E-state index in [1.54, 1.807) is 18.3 Å². The number of pyridine rings is 1. The SMILES string of the molecule is CC(=O)SCC=Cc1cncc(C(=O)NN)c1. The van der Waals surface area contributed by atoms with Gasteiger partial charge in [0.05, 0.1) is 5.56 Å². The third-order valence-electron chi connectivity index (χ3n) is 1.85. The smallest absolute Gasteiger partial charge is 0.266 e. The van der Waals surface area contributed by atoms with Gasteiger partial charge in [0, 0.05) is 25.1 Å². The Morgan fingerprint density at radius 3 is 2.94 bits per heavy atom. The minimum Gasteiger partial charge on any atom is -0.290 e. The molecule has 6 heteroatoms. The molecule has 0 unspecified atom stereocenters. The number of rotatable bonds is 4. The summed E-state index contributed by atoms with van der Waals surface area (Å²) in [6.07, 6.45) is 6.70. The summed E-state index contributed by atoms with van der Waals surface area (Å²) < 4.78 is 0. The Morgan fingerprint density at radius 1 is 1.53 bits per heavy atom. The molecule has 1 aromatic heterocycles. The summed E-state index contributed by atoms with van der Waals surface area (Å²) in [6.45, 7) is 1.52. The van der Waals surface area contributed by atoms with Crippen molar-refractivity contribution >= 4 is 28.9 Å². The summed E-state index contributed by atoms with van der Waals surface area (Å²) in [7, 11) is 0. The minimum absolute atomic E-state index is 0.0732. The zero-order chi connectivity index (χ0) is 12.7. The molecule has 0 aliphatic rings. The van der Waals surface area contributed by atoms with E-state index in [0.717, 1.165) is 5.56 Å². The zero-order valence-corrected chi connectivity index (χ0v) is 10.2. The molecular formula is C11H13N3O2S. The first kappa shape index (κ1) is 13.4. The largest absolute Gasteiger partial charge is 0.290 e. The highest BCUT2D eigenvalue weighted by Crippen LogP contribution is 2.07. The van der Waals surface area contributed by atoms with Crippen LogP contribution in [0.25, 0.3) is 6.08 Å². The summed E-state index contributed by atoms with van der Waals surface area (Å²) >= 11 is 1.22. The van der Waals surface area contributed by atoms with Gasteiger partial charge in [0.25, 0.3) is 5.91 Å². The van der Waals surface area contributed by atoms with Crippen LogP contribution >= 0.6 is 11.8 Å². The topological polar surface area (TPSA) is 85.1 Å². The number of hydrogen-bond acceptors (Lipinski definition) is 5. The Morgan fingerprint density at radius 2 is 2.29 bits per heavy atom. The fourth-order valence-corrected chi connectivity index (χ4v) is 1.53. The molecule has 0 spiro atoms. The molecule has 0 aliphatic carbocycles. The molecule has 0 aliphatic heterocycles. The van der Waals surface area contributed by atoms with E-state index in [4.69, 9.17) is 5.84 Å². The molecule has 0 aromatic carbocycles. The highest BCUT2D eigenvalue weighted by atomic mass is 32.2. The normalized spacial score (nSPS) is 10.5. The van der Waals surface area contributed by atoms with E-state index in [2.05, 4.69) is 4.98 Å². The van der Waals surface area contributed by atoms with E-state index < -0.39 is 0 Å². The van der Waals surface area contributed by atoms with Crippen LogP contribution in [0.2, 0.25) is 0 Å². The molecule has 0 atom stereocenters. The van der Waals surface area contributed by atoms with E-state index in [0.29, 0.717) is 11.3 Å². The van der Waals surface area contributed by atoms with Gasteiger partial charge in [0.2, 0.25) is 0 Å². The fraction of sp³-hybridized carbons (Fsp3) is 0.182. The molecule has 3 N–H and O–H groups in total. The average molecular weight is 251 g/mol. The minimum atomic E-state index is -0.383. The maximum Gasteiger partial charge on any atom is 0.266 e. The van der Waals surface area contributed by atoms with Crippen molar-refractivity contribution in [1.29, 1.82) is 0 Å². The van der Waals surface area contributed by atoms with Crippen molar-refractivity contribution in [3.05, 3.63) is 35.7 Å². The summed E-state index contributed by atoms with van der Waals surface area (Å²) in [5.74, 6) is 5.24. The number of carbonyl (C=O) groups is 2. The van der Waals surface area contributed by atoms with Crippen LogP contribution in [0.15, 0.2) is 24.5 Å². The van der Waals surface area contributed by atoms with Crippen molar-refractivity contribution in [1.82, 2.24) is 10.4 Å². The highest BCUT2D eigenvalue weighted by Gasteiger charge is 2.03. The van der Waals surface area contributed by atoms with Gasteiger partial charge in [-0.3, -0.25) is 20.0 Å². The number of hydrogen-bond donors (Lipinski definition) is 2. The first-order valence-electron chi connectivity index (χ1n) is 4.89. The predicted octanol–water partition coefficient (Wildman–Crippen LogP) is 0.978. The summed E-state index contributed by atoms with van der Waals surface area (Å²) in [4.78, 5) is 25.8. The number of carbonyl (C=O) groups excluding carboxylic acids is 2. The first-order valence-corrected chi connectivity index (χ1v) is 5.88. The second kappa shape index (κ2) is 6.82. The lowest BCUT2D eigenvalue weighted by Gasteiger charge is -1.99. The molecular weight excluding hydrogens is 238 g/mol. The maximum absolute atomic E-state index is 11.2. The fourth-order valence-electron chi connectivity index (χ4n) is 1.11. The van der Waals surface area contributed by atoms with Crippen LogP contribution in [0.3, 0.4) is 0 Å². The molecule has 0 radical (unpaired) electrons. The van der Waals surface area contributed by atoms with Gasteiger partial charge < -0.3 is 0 Å². The standard InChI is InChI=1S/C11H13N3O2S/c1-8(15)17-4-2-3-9-5-10(7-13-6-9)11(16)14-12/h2-3,5-7H,4,12H2,1H3,(H,14,16). The lowest BCUT2D eigenvalue weighted by atomic mass is 10.2. The van der Waals surface area contributed by atoms with E-state index in [-0.39, 0.29) is 11.0 Å². The molecule has 1 rings (SSSR count). The van der Waals surface area contributed by atoms with Crippen molar-refractivity contribution in [3.8, 4) is 0 Å². The van der Waals surface area contributed by atoms with Gasteiger partial charge in [0.1, 0.15) is 0 Å². The van der Waals surface area contributed by atoms with Gasteiger partial charge in [-0.1, -0.05) is 23.9 Å². The lowest BCUT2D eigenvalue weighted by molar-refractivity contribution is -0.109. The second-order valence-electron chi connectivity index (χ2n) is 3.19. The number of hydrazine groups is 1. The van der Waals surface area contributed by atoms with Crippen LogP contribution in [0.5, 0.6) is 0 Å². The number of nitrogen functional groups attached to an aromatic ring is 1. The van der Waals surface area contributed by atoms with Crippen LogP contribution in [0.1, 0.15) is 22.8 Å². The van der Waals surface area contributed by atoms with Crippen molar-refractivity contribution in [2.45, 2.75) is 6.92 Å². The molecule has 0 fully saturated rings. The quantitative estimate of drug-likeness (QED) is 0.473. The van der Waals surface area contributed by atoms with Gasteiger partial charge in [-0.05, 0) is 11.6 Å². The number of nitrogens with zero attached hydrogens (tertiary/aromatic N) is 1. The second-order valence-corrected chi connectivity index (χ2v) is 4.38. The Hall–Kier alpha value is -1.66. The van der Waals surface area contributed by atoms with Gasteiger partial charge in [-0.15, -0.1) is 0 Å². The highest BCUT2D eigenvalue weighted by molar-refractivity contribution is 8.13. The average Bonchev–Trinajstić information content (AvgIpc) is 2.34. The maximum atomic E-state index is 11.2. The first-order chi connectivity index (χ1) is 8.13. The van der Waals surface area contributed by atoms with Crippen molar-refractivity contribution < 1.29 is 9.59 Å². The van der Waals surface area contributed by atoms with E-state index in [9.17, 15) is 9.59 Å². The van der Waals surface area contributed by atoms with Crippen molar-refractivity contribution in [3.63, 3.8) is 0 Å². The van der Waals surface area contributed by atoms with E-state index in [1.165, 1.54) is 24.9 Å². The molecule has 0 saturated heterocycles. The number of aromatic nitrogens is 1. The Balaban J connectivity index is 2.65. The molecule has 1 amide bonds. The number of nitrogens with one attached hydrogen (secondary N) is 1. The predicted molar refractivity (Wildman–Crippen MR) is 68.1 cm³/mol. The van der Waals surface area contributed by atoms with Gasteiger partial charge in [0.15, 0.2) is 5.12 Å². The molecule has 5 nitrogen and oxygen atoms in total. The zero-order valence-electron chi connectivity index (χ0n) is 9.34. The van der Waals surface area contributed by atoms with Gasteiger partial charge in [-0.25, -0.2) is 5.84 Å². The number of nitrogens with two attached hydrogens (primary N) is 1. The van der Waals surface area contributed by atoms with Crippen molar-refractivity contribution in [2.75, 3.05) is 5.75 Å². The number of thioether (sulfide) groups is 1. The molecule has 90 valence electrons. The number of amides is 1. The Labute approximate surface area is 103 Å². The lowest BCUT2D eigenvalue weighted by Crippen LogP contribution is -2.30. The third kappa shape index (κ3) is 4.80. The van der Waals surface area contributed by atoms with Crippen LogP contribution in [-0.4, -0.2) is 21.8 Å². The van der Waals surface area contributed by atoms with E-state index in [1.807, 2.05) is 11.5 Å². The summed E-state index contributed by atoms with van der Waals surface area (Å²) in [5, 5.41) is 0.0732. The van der Waals surface area contributed by atoms with Gasteiger partial charge >= 0.3 is 0 Å². The van der Waals surface area contributed by atoms with Crippen LogP contribution < -0.4 is 11.3 Å². The Kier molecular flexibility index (Phi) is 5.38. The van der Waals surface area contributed by atoms with Crippen LogP contribution in [0, 0.1) is 0 Å². The summed E-state index contributed by atoms with van der Waals surface area (Å²) in [6, 6.07) is 1.67. The van der Waals surface area contributed by atoms with Gasteiger partial charge in [-0.2, -0.15) is 0 Å². The summed E-state index contributed by atoms with van der Waals surface area (Å²) in [5.41, 5.74) is 3.22. The van der Waals surface area contributed by atoms with Crippen molar-refractivity contribution in [2.24, 2.45) is 5.84 Å². The molecule has 0 saturated carbocycles. The monoisotopic (exact) mass is 251 g/mol. The van der Waals surface area contributed by atoms with E-state index >= 15 is 0 Å².